The van der Waals surface area contributed by atoms with Gasteiger partial charge < -0.3 is 10.1 Å². The molecule has 0 radical (unpaired) electrons. The summed E-state index contributed by atoms with van der Waals surface area (Å²) in [4.78, 5) is 10.9. The SMILES string of the molecule is COC(=O)C1CCCNC1. The summed E-state index contributed by atoms with van der Waals surface area (Å²) in [6.45, 7) is 1.82. The predicted octanol–water partition coefficient (Wildman–Crippen LogP) is 0.159. The number of ether oxygens (including phenoxy) is 1. The molecule has 0 aromatic rings. The number of esters is 1. The Kier molecular flexibility index (Phi) is 2.68. The van der Waals surface area contributed by atoms with Crippen LogP contribution in [0.2, 0.25) is 0 Å². The normalized spacial score (nSPS) is 25.9. The number of piperidine rings is 1. The zero-order valence-electron chi connectivity index (χ0n) is 6.22. The third-order valence-corrected chi connectivity index (χ3v) is 1.83. The first-order valence-electron chi connectivity index (χ1n) is 3.63. The zero-order chi connectivity index (χ0) is 7.40. The minimum Gasteiger partial charge on any atom is -0.469 e. The summed E-state index contributed by atoms with van der Waals surface area (Å²) < 4.78 is 4.61. The van der Waals surface area contributed by atoms with E-state index in [1.165, 1.54) is 7.11 Å². The Labute approximate surface area is 60.7 Å². The van der Waals surface area contributed by atoms with Crippen LogP contribution in [0, 0.1) is 5.92 Å². The molecule has 1 aliphatic heterocycles. The minimum absolute atomic E-state index is 0.0767. The summed E-state index contributed by atoms with van der Waals surface area (Å²) >= 11 is 0. The van der Waals surface area contributed by atoms with Crippen LogP contribution in [0.1, 0.15) is 12.8 Å². The molecule has 1 unspecified atom stereocenters. The predicted molar refractivity (Wildman–Crippen MR) is 37.6 cm³/mol. The lowest BCUT2D eigenvalue weighted by molar-refractivity contribution is -0.145. The summed E-state index contributed by atoms with van der Waals surface area (Å²) in [7, 11) is 1.44. The maximum absolute atomic E-state index is 10.9. The van der Waals surface area contributed by atoms with E-state index in [2.05, 4.69) is 10.1 Å². The molecule has 1 aliphatic rings. The summed E-state index contributed by atoms with van der Waals surface area (Å²) in [5.74, 6) is 0.0194. The zero-order valence-corrected chi connectivity index (χ0v) is 6.22. The van der Waals surface area contributed by atoms with Crippen LogP contribution in [0.15, 0.2) is 0 Å². The van der Waals surface area contributed by atoms with E-state index in [-0.39, 0.29) is 11.9 Å². The standard InChI is InChI=1S/C7H13NO2/c1-10-7(9)6-3-2-4-8-5-6/h6,8H,2-5H2,1H3. The van der Waals surface area contributed by atoms with Crippen LogP contribution in [-0.4, -0.2) is 26.2 Å². The second-order valence-corrected chi connectivity index (χ2v) is 2.57. The average Bonchev–Trinajstić information content (AvgIpc) is 2.05. The Morgan fingerprint density at radius 3 is 3.00 bits per heavy atom. The van der Waals surface area contributed by atoms with E-state index < -0.39 is 0 Å². The Bertz CT molecular complexity index is 119. The van der Waals surface area contributed by atoms with Gasteiger partial charge in [0, 0.05) is 6.54 Å². The van der Waals surface area contributed by atoms with Crippen molar-refractivity contribution in [3.63, 3.8) is 0 Å². The summed E-state index contributed by atoms with van der Waals surface area (Å²) in [5, 5.41) is 3.15. The Morgan fingerprint density at radius 2 is 2.50 bits per heavy atom. The Morgan fingerprint density at radius 1 is 1.70 bits per heavy atom. The van der Waals surface area contributed by atoms with Crippen molar-refractivity contribution in [1.82, 2.24) is 5.32 Å². The molecule has 0 aromatic carbocycles. The third-order valence-electron chi connectivity index (χ3n) is 1.83. The van der Waals surface area contributed by atoms with Crippen molar-refractivity contribution in [2.24, 2.45) is 5.92 Å². The van der Waals surface area contributed by atoms with Gasteiger partial charge in [-0.25, -0.2) is 0 Å². The number of methoxy groups -OCH3 is 1. The molecule has 0 saturated carbocycles. The highest BCUT2D eigenvalue weighted by molar-refractivity contribution is 5.72. The molecule has 0 aliphatic carbocycles. The smallest absolute Gasteiger partial charge is 0.309 e. The van der Waals surface area contributed by atoms with Gasteiger partial charge in [-0.05, 0) is 19.4 Å². The monoisotopic (exact) mass is 143 g/mol. The van der Waals surface area contributed by atoms with Crippen LogP contribution in [0.4, 0.5) is 0 Å². The highest BCUT2D eigenvalue weighted by Gasteiger charge is 2.20. The molecule has 1 atom stereocenters. The molecule has 1 saturated heterocycles. The topological polar surface area (TPSA) is 38.3 Å². The molecule has 1 heterocycles. The molecule has 1 fully saturated rings. The van der Waals surface area contributed by atoms with Gasteiger partial charge in [-0.2, -0.15) is 0 Å². The van der Waals surface area contributed by atoms with Crippen LogP contribution < -0.4 is 5.32 Å². The number of nitrogens with one attached hydrogen (secondary N) is 1. The van der Waals surface area contributed by atoms with Crippen molar-refractivity contribution in [2.75, 3.05) is 20.2 Å². The molecule has 0 bridgehead atoms. The fourth-order valence-electron chi connectivity index (χ4n) is 1.22. The minimum atomic E-state index is -0.0767. The molecule has 3 heteroatoms. The van der Waals surface area contributed by atoms with Gasteiger partial charge in [0.25, 0.3) is 0 Å². The molecule has 0 spiro atoms. The maximum atomic E-state index is 10.9. The van der Waals surface area contributed by atoms with Gasteiger partial charge in [0.05, 0.1) is 13.0 Å². The number of carbonyl (C=O) groups is 1. The number of hydrogen-bond acceptors (Lipinski definition) is 3. The fraction of sp³-hybridized carbons (Fsp3) is 0.857. The molecule has 0 aromatic heterocycles. The molecule has 3 nitrogen and oxygen atoms in total. The largest absolute Gasteiger partial charge is 0.469 e. The molecular formula is C7H13NO2. The van der Waals surface area contributed by atoms with Gasteiger partial charge in [0.2, 0.25) is 0 Å². The van der Waals surface area contributed by atoms with E-state index >= 15 is 0 Å². The van der Waals surface area contributed by atoms with Crippen LogP contribution >= 0.6 is 0 Å². The molecule has 0 amide bonds. The van der Waals surface area contributed by atoms with Crippen LogP contribution in [0.3, 0.4) is 0 Å². The van der Waals surface area contributed by atoms with Crippen LogP contribution in [-0.2, 0) is 9.53 Å². The van der Waals surface area contributed by atoms with E-state index in [1.54, 1.807) is 0 Å². The van der Waals surface area contributed by atoms with Crippen LogP contribution in [0.5, 0.6) is 0 Å². The Hall–Kier alpha value is -0.570. The number of hydrogen-bond donors (Lipinski definition) is 1. The highest BCUT2D eigenvalue weighted by atomic mass is 16.5. The molecular weight excluding hydrogens is 130 g/mol. The first-order valence-corrected chi connectivity index (χ1v) is 3.63. The van der Waals surface area contributed by atoms with E-state index in [9.17, 15) is 4.79 Å². The van der Waals surface area contributed by atoms with Crippen molar-refractivity contribution in [1.29, 1.82) is 0 Å². The number of carbonyl (C=O) groups excluding carboxylic acids is 1. The molecule has 58 valence electrons. The average molecular weight is 143 g/mol. The van der Waals surface area contributed by atoms with E-state index in [4.69, 9.17) is 0 Å². The van der Waals surface area contributed by atoms with Gasteiger partial charge in [0.1, 0.15) is 0 Å². The highest BCUT2D eigenvalue weighted by Crippen LogP contribution is 2.10. The van der Waals surface area contributed by atoms with Crippen molar-refractivity contribution in [2.45, 2.75) is 12.8 Å². The number of rotatable bonds is 1. The van der Waals surface area contributed by atoms with E-state index in [1.807, 2.05) is 0 Å². The lowest BCUT2D eigenvalue weighted by atomic mass is 10.0. The summed E-state index contributed by atoms with van der Waals surface area (Å²) in [6, 6.07) is 0. The quantitative estimate of drug-likeness (QED) is 0.531. The molecule has 10 heavy (non-hydrogen) atoms. The lowest BCUT2D eigenvalue weighted by Gasteiger charge is -2.19. The van der Waals surface area contributed by atoms with E-state index in [0.29, 0.717) is 0 Å². The third kappa shape index (κ3) is 1.70. The summed E-state index contributed by atoms with van der Waals surface area (Å²) in [5.41, 5.74) is 0. The van der Waals surface area contributed by atoms with Gasteiger partial charge in [-0.3, -0.25) is 4.79 Å². The van der Waals surface area contributed by atoms with Gasteiger partial charge >= 0.3 is 5.97 Å². The first kappa shape index (κ1) is 7.54. The van der Waals surface area contributed by atoms with E-state index in [0.717, 1.165) is 25.9 Å². The molecule has 1 N–H and O–H groups in total. The van der Waals surface area contributed by atoms with Crippen molar-refractivity contribution in [3.05, 3.63) is 0 Å². The maximum Gasteiger partial charge on any atom is 0.309 e. The van der Waals surface area contributed by atoms with Crippen LogP contribution in [0.25, 0.3) is 0 Å². The van der Waals surface area contributed by atoms with Crippen molar-refractivity contribution >= 4 is 5.97 Å². The van der Waals surface area contributed by atoms with Gasteiger partial charge in [-0.1, -0.05) is 0 Å². The second kappa shape index (κ2) is 3.56. The first-order chi connectivity index (χ1) is 4.84. The molecule has 1 rings (SSSR count). The van der Waals surface area contributed by atoms with Gasteiger partial charge in [0.15, 0.2) is 0 Å². The van der Waals surface area contributed by atoms with Crippen molar-refractivity contribution < 1.29 is 9.53 Å². The van der Waals surface area contributed by atoms with Gasteiger partial charge in [-0.15, -0.1) is 0 Å². The summed E-state index contributed by atoms with van der Waals surface area (Å²) in [6.07, 6.45) is 2.05. The second-order valence-electron chi connectivity index (χ2n) is 2.57. The van der Waals surface area contributed by atoms with Crippen molar-refractivity contribution in [3.8, 4) is 0 Å². The lowest BCUT2D eigenvalue weighted by Crippen LogP contribution is -2.34. The fourth-order valence-corrected chi connectivity index (χ4v) is 1.22. The Balaban J connectivity index is 2.31.